The molecular weight excluding hydrogens is 350 g/mol. The van der Waals surface area contributed by atoms with Crippen LogP contribution in [0.4, 0.5) is 11.4 Å². The van der Waals surface area contributed by atoms with E-state index in [2.05, 4.69) is 24.0 Å². The van der Waals surface area contributed by atoms with E-state index >= 15 is 0 Å². The SMILES string of the molecule is CCc1ccc(N(CCC(=O)N2CCN(c3ccccc3)CC2)C(C)=O)cc1. The van der Waals surface area contributed by atoms with Crippen LogP contribution in [-0.4, -0.2) is 49.4 Å². The summed E-state index contributed by atoms with van der Waals surface area (Å²) in [5, 5.41) is 0. The molecule has 148 valence electrons. The Labute approximate surface area is 167 Å². The summed E-state index contributed by atoms with van der Waals surface area (Å²) in [7, 11) is 0. The molecule has 0 aliphatic carbocycles. The summed E-state index contributed by atoms with van der Waals surface area (Å²) >= 11 is 0. The van der Waals surface area contributed by atoms with Gasteiger partial charge in [-0.05, 0) is 36.2 Å². The molecule has 2 amide bonds. The van der Waals surface area contributed by atoms with E-state index in [0.29, 0.717) is 13.0 Å². The highest BCUT2D eigenvalue weighted by molar-refractivity contribution is 5.92. The van der Waals surface area contributed by atoms with Gasteiger partial charge in [-0.25, -0.2) is 0 Å². The minimum atomic E-state index is -0.0362. The fourth-order valence-electron chi connectivity index (χ4n) is 3.60. The van der Waals surface area contributed by atoms with Gasteiger partial charge in [-0.3, -0.25) is 9.59 Å². The predicted molar refractivity (Wildman–Crippen MR) is 114 cm³/mol. The maximum absolute atomic E-state index is 12.7. The van der Waals surface area contributed by atoms with E-state index < -0.39 is 0 Å². The number of aryl methyl sites for hydroxylation is 1. The monoisotopic (exact) mass is 379 g/mol. The number of hydrogen-bond donors (Lipinski definition) is 0. The van der Waals surface area contributed by atoms with Crippen LogP contribution in [0.25, 0.3) is 0 Å². The Bertz CT molecular complexity index is 781. The Balaban J connectivity index is 1.53. The van der Waals surface area contributed by atoms with Crippen molar-refractivity contribution in [3.05, 3.63) is 60.2 Å². The summed E-state index contributed by atoms with van der Waals surface area (Å²) in [5.74, 6) is 0.0788. The van der Waals surface area contributed by atoms with E-state index in [9.17, 15) is 9.59 Å². The first-order valence-electron chi connectivity index (χ1n) is 10.0. The first kappa shape index (κ1) is 19.9. The molecule has 1 fully saturated rings. The fourth-order valence-corrected chi connectivity index (χ4v) is 3.60. The van der Waals surface area contributed by atoms with Gasteiger partial charge in [-0.1, -0.05) is 37.3 Å². The second-order valence-electron chi connectivity index (χ2n) is 7.14. The number of carbonyl (C=O) groups excluding carboxylic acids is 2. The highest BCUT2D eigenvalue weighted by Gasteiger charge is 2.22. The number of benzene rings is 2. The van der Waals surface area contributed by atoms with Gasteiger partial charge in [0.15, 0.2) is 0 Å². The van der Waals surface area contributed by atoms with Crippen LogP contribution < -0.4 is 9.80 Å². The van der Waals surface area contributed by atoms with Gasteiger partial charge in [0.05, 0.1) is 0 Å². The van der Waals surface area contributed by atoms with Crippen LogP contribution in [0.15, 0.2) is 54.6 Å². The predicted octanol–water partition coefficient (Wildman–Crippen LogP) is 3.34. The third-order valence-electron chi connectivity index (χ3n) is 5.34. The van der Waals surface area contributed by atoms with Crippen molar-refractivity contribution in [1.29, 1.82) is 0 Å². The lowest BCUT2D eigenvalue weighted by Crippen LogP contribution is -2.49. The van der Waals surface area contributed by atoms with Gasteiger partial charge < -0.3 is 14.7 Å². The molecule has 1 aliphatic heterocycles. The molecule has 3 rings (SSSR count). The van der Waals surface area contributed by atoms with Crippen LogP contribution in [0.2, 0.25) is 0 Å². The first-order chi connectivity index (χ1) is 13.6. The summed E-state index contributed by atoms with van der Waals surface area (Å²) < 4.78 is 0. The third kappa shape index (κ3) is 4.91. The molecule has 0 unspecified atom stereocenters. The molecular formula is C23H29N3O2. The number of piperazine rings is 1. The zero-order valence-electron chi connectivity index (χ0n) is 16.8. The zero-order chi connectivity index (χ0) is 19.9. The average Bonchev–Trinajstić information content (AvgIpc) is 2.74. The number of nitrogens with zero attached hydrogens (tertiary/aromatic N) is 3. The van der Waals surface area contributed by atoms with Gasteiger partial charge in [-0.2, -0.15) is 0 Å². The normalized spacial score (nSPS) is 14.1. The third-order valence-corrected chi connectivity index (χ3v) is 5.34. The van der Waals surface area contributed by atoms with E-state index in [1.165, 1.54) is 11.3 Å². The van der Waals surface area contributed by atoms with Crippen molar-refractivity contribution >= 4 is 23.2 Å². The molecule has 0 bridgehead atoms. The molecule has 0 N–H and O–H groups in total. The molecule has 0 saturated carbocycles. The maximum atomic E-state index is 12.7. The van der Waals surface area contributed by atoms with E-state index in [0.717, 1.165) is 38.3 Å². The van der Waals surface area contributed by atoms with E-state index in [-0.39, 0.29) is 11.8 Å². The molecule has 2 aromatic carbocycles. The molecule has 5 heteroatoms. The molecule has 0 spiro atoms. The quantitative estimate of drug-likeness (QED) is 0.773. The lowest BCUT2D eigenvalue weighted by Gasteiger charge is -2.36. The van der Waals surface area contributed by atoms with E-state index in [4.69, 9.17) is 0 Å². The molecule has 1 heterocycles. The first-order valence-corrected chi connectivity index (χ1v) is 10.0. The minimum Gasteiger partial charge on any atom is -0.368 e. The van der Waals surface area contributed by atoms with E-state index in [1.54, 1.807) is 11.8 Å². The van der Waals surface area contributed by atoms with Crippen LogP contribution in [0.5, 0.6) is 0 Å². The van der Waals surface area contributed by atoms with Gasteiger partial charge in [0.1, 0.15) is 0 Å². The fraction of sp³-hybridized carbons (Fsp3) is 0.391. The summed E-state index contributed by atoms with van der Waals surface area (Å²) in [5.41, 5.74) is 3.29. The summed E-state index contributed by atoms with van der Waals surface area (Å²) in [6.45, 7) is 7.19. The molecule has 2 aromatic rings. The average molecular weight is 380 g/mol. The van der Waals surface area contributed by atoms with Crippen molar-refractivity contribution in [2.45, 2.75) is 26.7 Å². The zero-order valence-corrected chi connectivity index (χ0v) is 16.8. The minimum absolute atomic E-state index is 0.0362. The van der Waals surface area contributed by atoms with Crippen molar-refractivity contribution in [2.75, 3.05) is 42.5 Å². The van der Waals surface area contributed by atoms with Gasteiger partial charge in [0.2, 0.25) is 11.8 Å². The molecule has 0 atom stereocenters. The second-order valence-corrected chi connectivity index (χ2v) is 7.14. The highest BCUT2D eigenvalue weighted by Crippen LogP contribution is 2.18. The highest BCUT2D eigenvalue weighted by atomic mass is 16.2. The van der Waals surface area contributed by atoms with Crippen molar-refractivity contribution < 1.29 is 9.59 Å². The smallest absolute Gasteiger partial charge is 0.224 e. The van der Waals surface area contributed by atoms with Gasteiger partial charge in [-0.15, -0.1) is 0 Å². The molecule has 28 heavy (non-hydrogen) atoms. The number of para-hydroxylation sites is 1. The molecule has 0 aromatic heterocycles. The molecule has 5 nitrogen and oxygen atoms in total. The van der Waals surface area contributed by atoms with Crippen molar-refractivity contribution in [3.8, 4) is 0 Å². The van der Waals surface area contributed by atoms with Crippen LogP contribution in [-0.2, 0) is 16.0 Å². The number of carbonyl (C=O) groups is 2. The number of rotatable bonds is 6. The molecule has 1 aliphatic rings. The summed E-state index contributed by atoms with van der Waals surface area (Å²) in [4.78, 5) is 30.7. The number of amides is 2. The number of anilines is 2. The Kier molecular flexibility index (Phi) is 6.69. The standard InChI is InChI=1S/C23H29N3O2/c1-3-20-9-11-22(12-10-20)26(19(2)27)14-13-23(28)25-17-15-24(16-18-25)21-7-5-4-6-8-21/h4-12H,3,13-18H2,1-2H3. The van der Waals surface area contributed by atoms with Gasteiger partial charge in [0.25, 0.3) is 0 Å². The number of hydrogen-bond acceptors (Lipinski definition) is 3. The van der Waals surface area contributed by atoms with Crippen LogP contribution in [0, 0.1) is 0 Å². The largest absolute Gasteiger partial charge is 0.368 e. The van der Waals surface area contributed by atoms with Crippen molar-refractivity contribution in [3.63, 3.8) is 0 Å². The Hall–Kier alpha value is -2.82. The van der Waals surface area contributed by atoms with Gasteiger partial charge in [0, 0.05) is 57.4 Å². The van der Waals surface area contributed by atoms with Crippen LogP contribution in [0.3, 0.4) is 0 Å². The lowest BCUT2D eigenvalue weighted by atomic mass is 10.1. The second kappa shape index (κ2) is 9.40. The van der Waals surface area contributed by atoms with Crippen LogP contribution in [0.1, 0.15) is 25.8 Å². The summed E-state index contributed by atoms with van der Waals surface area (Å²) in [6.07, 6.45) is 1.31. The Morgan fingerprint density at radius 1 is 0.929 bits per heavy atom. The van der Waals surface area contributed by atoms with Crippen LogP contribution >= 0.6 is 0 Å². The summed E-state index contributed by atoms with van der Waals surface area (Å²) in [6, 6.07) is 18.3. The maximum Gasteiger partial charge on any atom is 0.224 e. The van der Waals surface area contributed by atoms with Gasteiger partial charge >= 0.3 is 0 Å². The van der Waals surface area contributed by atoms with Crippen molar-refractivity contribution in [1.82, 2.24) is 4.90 Å². The lowest BCUT2D eigenvalue weighted by molar-refractivity contribution is -0.131. The Morgan fingerprint density at radius 3 is 2.14 bits per heavy atom. The Morgan fingerprint density at radius 2 is 1.57 bits per heavy atom. The van der Waals surface area contributed by atoms with E-state index in [1.807, 2.05) is 47.4 Å². The van der Waals surface area contributed by atoms with Crippen molar-refractivity contribution in [2.24, 2.45) is 0 Å². The topological polar surface area (TPSA) is 43.9 Å². The molecule has 0 radical (unpaired) electrons. The molecule has 1 saturated heterocycles.